The summed E-state index contributed by atoms with van der Waals surface area (Å²) < 4.78 is 13.5. The monoisotopic (exact) mass is 264 g/mol. The zero-order valence-corrected chi connectivity index (χ0v) is 9.46. The van der Waals surface area contributed by atoms with Gasteiger partial charge in [0.2, 0.25) is 0 Å². The molecule has 0 spiro atoms. The second-order valence-electron chi connectivity index (χ2n) is 3.85. The minimum absolute atomic E-state index is 0.0701. The fourth-order valence-electron chi connectivity index (χ4n) is 1.55. The van der Waals surface area contributed by atoms with Gasteiger partial charge in [0.25, 0.3) is 0 Å². The fraction of sp³-hybridized carbons (Fsp3) is 0. The van der Waals surface area contributed by atoms with Crippen LogP contribution >= 0.6 is 0 Å². The van der Waals surface area contributed by atoms with Gasteiger partial charge in [-0.1, -0.05) is 0 Å². The minimum atomic E-state index is -1.01. The van der Waals surface area contributed by atoms with Gasteiger partial charge in [0.1, 0.15) is 5.82 Å². The van der Waals surface area contributed by atoms with Crippen LogP contribution in [0, 0.1) is 5.82 Å². The molecule has 0 saturated carbocycles. The van der Waals surface area contributed by atoms with Gasteiger partial charge in [-0.05, 0) is 24.3 Å². The molecule has 0 atom stereocenters. The molecule has 5 nitrogen and oxygen atoms in total. The molecule has 19 heavy (non-hydrogen) atoms. The topological polar surface area (TPSA) is 98.0 Å². The number of carbonyl (C=O) groups excluding carboxylic acids is 1. The molecule has 0 radical (unpaired) electrons. The lowest BCUT2D eigenvalue weighted by molar-refractivity contribution is 0.103. The Bertz CT molecular complexity index is 666. The van der Waals surface area contributed by atoms with Crippen molar-refractivity contribution in [1.29, 1.82) is 0 Å². The number of ketones is 1. The van der Waals surface area contributed by atoms with Crippen LogP contribution in [-0.2, 0) is 0 Å². The number of phenols is 4. The number of phenolic OH excluding ortho intramolecular Hbond substituents is 4. The first-order valence-electron chi connectivity index (χ1n) is 5.18. The summed E-state index contributed by atoms with van der Waals surface area (Å²) in [5.41, 5.74) is -0.528. The summed E-state index contributed by atoms with van der Waals surface area (Å²) in [5.74, 6) is -4.05. The number of hydrogen-bond acceptors (Lipinski definition) is 5. The molecule has 0 bridgehead atoms. The molecule has 0 aliphatic rings. The zero-order chi connectivity index (χ0) is 14.2. The third-order valence-corrected chi connectivity index (χ3v) is 2.55. The highest BCUT2D eigenvalue weighted by atomic mass is 19.1. The summed E-state index contributed by atoms with van der Waals surface area (Å²) in [5, 5.41) is 36.7. The van der Waals surface area contributed by atoms with Crippen LogP contribution in [0.25, 0.3) is 0 Å². The molecular formula is C13H9FO5. The SMILES string of the molecule is O=C(c1ccc(O)c(O)c1)c1cc(O)c(O)cc1F. The molecule has 4 N–H and O–H groups in total. The van der Waals surface area contributed by atoms with Crippen molar-refractivity contribution in [2.45, 2.75) is 0 Å². The molecule has 98 valence electrons. The van der Waals surface area contributed by atoms with E-state index in [2.05, 4.69) is 0 Å². The van der Waals surface area contributed by atoms with Crippen molar-refractivity contribution < 1.29 is 29.6 Å². The van der Waals surface area contributed by atoms with Crippen molar-refractivity contribution in [2.75, 3.05) is 0 Å². The first-order chi connectivity index (χ1) is 8.90. The van der Waals surface area contributed by atoms with Gasteiger partial charge in [-0.2, -0.15) is 0 Å². The molecule has 2 aromatic carbocycles. The summed E-state index contributed by atoms with van der Waals surface area (Å²) in [6, 6.07) is 4.65. The highest BCUT2D eigenvalue weighted by Gasteiger charge is 2.18. The van der Waals surface area contributed by atoms with Crippen LogP contribution < -0.4 is 0 Å². The quantitative estimate of drug-likeness (QED) is 0.490. The molecule has 0 aliphatic carbocycles. The van der Waals surface area contributed by atoms with E-state index in [9.17, 15) is 19.4 Å². The van der Waals surface area contributed by atoms with Crippen LogP contribution in [0.2, 0.25) is 0 Å². The summed E-state index contributed by atoms with van der Waals surface area (Å²) >= 11 is 0. The molecule has 0 aromatic heterocycles. The predicted octanol–water partition coefficient (Wildman–Crippen LogP) is 1.88. The van der Waals surface area contributed by atoms with Crippen molar-refractivity contribution >= 4 is 5.78 Å². The maximum atomic E-state index is 13.5. The van der Waals surface area contributed by atoms with Gasteiger partial charge in [0.15, 0.2) is 28.8 Å². The summed E-state index contributed by atoms with van der Waals surface area (Å²) in [7, 11) is 0. The fourth-order valence-corrected chi connectivity index (χ4v) is 1.55. The first-order valence-corrected chi connectivity index (χ1v) is 5.18. The van der Waals surface area contributed by atoms with E-state index < -0.39 is 40.2 Å². The zero-order valence-electron chi connectivity index (χ0n) is 9.46. The Hall–Kier alpha value is -2.76. The van der Waals surface area contributed by atoms with Gasteiger partial charge in [0, 0.05) is 11.6 Å². The minimum Gasteiger partial charge on any atom is -0.504 e. The average molecular weight is 264 g/mol. The van der Waals surface area contributed by atoms with E-state index in [0.29, 0.717) is 6.07 Å². The van der Waals surface area contributed by atoms with Crippen LogP contribution in [0.15, 0.2) is 30.3 Å². The van der Waals surface area contributed by atoms with E-state index in [0.717, 1.165) is 18.2 Å². The third-order valence-electron chi connectivity index (χ3n) is 2.55. The van der Waals surface area contributed by atoms with Gasteiger partial charge in [0.05, 0.1) is 5.56 Å². The van der Waals surface area contributed by atoms with Gasteiger partial charge >= 0.3 is 0 Å². The standard InChI is InChI=1S/C13H9FO5/c14-8-5-12(18)11(17)4-7(8)13(19)6-1-2-9(15)10(16)3-6/h1-5,15-18H. The van der Waals surface area contributed by atoms with Crippen LogP contribution in [0.3, 0.4) is 0 Å². The molecule has 6 heteroatoms. The Balaban J connectivity index is 2.49. The summed E-state index contributed by atoms with van der Waals surface area (Å²) in [4.78, 5) is 12.0. The molecule has 0 fully saturated rings. The first kappa shape index (κ1) is 12.7. The second kappa shape index (κ2) is 4.49. The second-order valence-corrected chi connectivity index (χ2v) is 3.85. The lowest BCUT2D eigenvalue weighted by atomic mass is 10.0. The maximum absolute atomic E-state index is 13.5. The number of hydrogen-bond donors (Lipinski definition) is 4. The number of rotatable bonds is 2. The Kier molecular flexibility index (Phi) is 3.00. The summed E-state index contributed by atoms with van der Waals surface area (Å²) in [6.07, 6.45) is 0. The van der Waals surface area contributed by atoms with Gasteiger partial charge in [-0.15, -0.1) is 0 Å². The van der Waals surface area contributed by atoms with Crippen LogP contribution in [-0.4, -0.2) is 26.2 Å². The molecular weight excluding hydrogens is 255 g/mol. The molecule has 0 amide bonds. The average Bonchev–Trinajstić information content (AvgIpc) is 2.36. The largest absolute Gasteiger partial charge is 0.504 e. The van der Waals surface area contributed by atoms with Crippen LogP contribution in [0.1, 0.15) is 15.9 Å². The van der Waals surface area contributed by atoms with Gasteiger partial charge < -0.3 is 20.4 Å². The maximum Gasteiger partial charge on any atom is 0.196 e. The van der Waals surface area contributed by atoms with Gasteiger partial charge in [-0.25, -0.2) is 4.39 Å². The predicted molar refractivity (Wildman–Crippen MR) is 62.9 cm³/mol. The molecule has 0 unspecified atom stereocenters. The lowest BCUT2D eigenvalue weighted by Gasteiger charge is -2.06. The molecule has 0 heterocycles. The van der Waals surface area contributed by atoms with E-state index >= 15 is 0 Å². The molecule has 0 aliphatic heterocycles. The highest BCUT2D eigenvalue weighted by Crippen LogP contribution is 2.30. The Labute approximate surface area is 106 Å². The van der Waals surface area contributed by atoms with E-state index in [1.807, 2.05) is 0 Å². The van der Waals surface area contributed by atoms with E-state index in [1.165, 1.54) is 6.07 Å². The van der Waals surface area contributed by atoms with Crippen molar-refractivity contribution in [3.05, 3.63) is 47.3 Å². The molecule has 0 saturated heterocycles. The van der Waals surface area contributed by atoms with Crippen LogP contribution in [0.5, 0.6) is 23.0 Å². The highest BCUT2D eigenvalue weighted by molar-refractivity contribution is 6.09. The Morgan fingerprint density at radius 1 is 0.842 bits per heavy atom. The van der Waals surface area contributed by atoms with E-state index in [1.54, 1.807) is 0 Å². The van der Waals surface area contributed by atoms with Crippen molar-refractivity contribution in [2.24, 2.45) is 0 Å². The molecule has 2 rings (SSSR count). The van der Waals surface area contributed by atoms with Crippen molar-refractivity contribution in [3.8, 4) is 23.0 Å². The Morgan fingerprint density at radius 3 is 2.05 bits per heavy atom. The van der Waals surface area contributed by atoms with Crippen molar-refractivity contribution in [1.82, 2.24) is 0 Å². The number of carbonyl (C=O) groups is 1. The van der Waals surface area contributed by atoms with E-state index in [4.69, 9.17) is 10.2 Å². The number of halogens is 1. The number of aromatic hydroxyl groups is 4. The summed E-state index contributed by atoms with van der Waals surface area (Å²) in [6.45, 7) is 0. The van der Waals surface area contributed by atoms with Crippen molar-refractivity contribution in [3.63, 3.8) is 0 Å². The van der Waals surface area contributed by atoms with Crippen LogP contribution in [0.4, 0.5) is 4.39 Å². The normalized spacial score (nSPS) is 10.4. The smallest absolute Gasteiger partial charge is 0.196 e. The van der Waals surface area contributed by atoms with Gasteiger partial charge in [-0.3, -0.25) is 4.79 Å². The van der Waals surface area contributed by atoms with E-state index in [-0.39, 0.29) is 5.56 Å². The Morgan fingerprint density at radius 2 is 1.42 bits per heavy atom. The lowest BCUT2D eigenvalue weighted by Crippen LogP contribution is -2.04. The number of benzene rings is 2. The third kappa shape index (κ3) is 2.28. The molecule has 2 aromatic rings.